The van der Waals surface area contributed by atoms with Crippen molar-refractivity contribution in [2.75, 3.05) is 12.4 Å². The Balaban J connectivity index is 1.51. The van der Waals surface area contributed by atoms with Gasteiger partial charge < -0.3 is 10.1 Å². The third kappa shape index (κ3) is 4.40. The molecule has 30 heavy (non-hydrogen) atoms. The highest BCUT2D eigenvalue weighted by atomic mass is 32.1. The van der Waals surface area contributed by atoms with Crippen molar-refractivity contribution < 1.29 is 4.74 Å². The van der Waals surface area contributed by atoms with E-state index in [1.54, 1.807) is 13.3 Å². The highest BCUT2D eigenvalue weighted by Crippen LogP contribution is 2.28. The van der Waals surface area contributed by atoms with Crippen molar-refractivity contribution in [2.45, 2.75) is 0 Å². The van der Waals surface area contributed by atoms with Crippen molar-refractivity contribution in [3.05, 3.63) is 95.5 Å². The van der Waals surface area contributed by atoms with Crippen LogP contribution in [0.5, 0.6) is 5.75 Å². The molecular formula is C25H19N3OS. The van der Waals surface area contributed by atoms with Crippen molar-refractivity contribution in [3.8, 4) is 34.2 Å². The van der Waals surface area contributed by atoms with Gasteiger partial charge in [0.15, 0.2) is 0 Å². The Labute approximate surface area is 179 Å². The number of anilines is 1. The molecular weight excluding hydrogens is 390 g/mol. The third-order valence-corrected chi connectivity index (χ3v) is 5.49. The molecule has 0 aliphatic heterocycles. The van der Waals surface area contributed by atoms with E-state index in [1.165, 1.54) is 16.9 Å². The molecule has 0 spiro atoms. The predicted molar refractivity (Wildman–Crippen MR) is 123 cm³/mol. The molecule has 5 heteroatoms. The van der Waals surface area contributed by atoms with Gasteiger partial charge in [-0.25, -0.2) is 4.98 Å². The molecule has 0 bridgehead atoms. The lowest BCUT2D eigenvalue weighted by Crippen LogP contribution is -1.91. The van der Waals surface area contributed by atoms with Crippen LogP contribution in [0.15, 0.2) is 90.4 Å². The van der Waals surface area contributed by atoms with E-state index in [-0.39, 0.29) is 0 Å². The van der Waals surface area contributed by atoms with E-state index >= 15 is 0 Å². The van der Waals surface area contributed by atoms with E-state index in [0.717, 1.165) is 28.3 Å². The first-order valence-electron chi connectivity index (χ1n) is 9.39. The predicted octanol–water partition coefficient (Wildman–Crippen LogP) is 6.46. The monoisotopic (exact) mass is 409 g/mol. The Morgan fingerprint density at radius 3 is 2.27 bits per heavy atom. The average Bonchev–Trinajstić information content (AvgIpc) is 3.31. The molecule has 146 valence electrons. The first-order valence-corrected chi connectivity index (χ1v) is 10.3. The van der Waals surface area contributed by atoms with Gasteiger partial charge in [0.1, 0.15) is 22.4 Å². The number of allylic oxidation sites excluding steroid dienone is 1. The minimum Gasteiger partial charge on any atom is -0.497 e. The maximum absolute atomic E-state index is 9.57. The maximum Gasteiger partial charge on any atom is 0.136 e. The van der Waals surface area contributed by atoms with Crippen LogP contribution in [-0.4, -0.2) is 12.1 Å². The molecule has 1 heterocycles. The molecule has 4 aromatic rings. The van der Waals surface area contributed by atoms with E-state index < -0.39 is 0 Å². The van der Waals surface area contributed by atoms with Crippen LogP contribution in [0.2, 0.25) is 0 Å². The summed E-state index contributed by atoms with van der Waals surface area (Å²) >= 11 is 1.46. The number of nitrogens with zero attached hydrogens (tertiary/aromatic N) is 2. The second kappa shape index (κ2) is 9.08. The van der Waals surface area contributed by atoms with Crippen LogP contribution in [-0.2, 0) is 0 Å². The Bertz CT molecular complexity index is 1190. The summed E-state index contributed by atoms with van der Waals surface area (Å²) in [5.74, 6) is 0.785. The number of hydrogen-bond acceptors (Lipinski definition) is 5. The average molecular weight is 410 g/mol. The second-order valence-corrected chi connectivity index (χ2v) is 7.38. The zero-order valence-corrected chi connectivity index (χ0v) is 17.2. The van der Waals surface area contributed by atoms with E-state index in [4.69, 9.17) is 4.74 Å². The summed E-state index contributed by atoms with van der Waals surface area (Å²) in [5, 5.41) is 15.4. The number of rotatable bonds is 6. The number of ether oxygens (including phenoxy) is 1. The van der Waals surface area contributed by atoms with Crippen LogP contribution in [0.25, 0.3) is 28.0 Å². The zero-order valence-electron chi connectivity index (χ0n) is 16.4. The Kier molecular flexibility index (Phi) is 5.88. The van der Waals surface area contributed by atoms with Crippen molar-refractivity contribution in [1.82, 2.24) is 4.98 Å². The number of hydrogen-bond donors (Lipinski definition) is 1. The van der Waals surface area contributed by atoms with Gasteiger partial charge in [-0.1, -0.05) is 54.6 Å². The Hall–Kier alpha value is -3.88. The quantitative estimate of drug-likeness (QED) is 0.371. The Morgan fingerprint density at radius 2 is 1.60 bits per heavy atom. The maximum atomic E-state index is 9.57. The fraction of sp³-hybridized carbons (Fsp3) is 0.0400. The summed E-state index contributed by atoms with van der Waals surface area (Å²) in [6.07, 6.45) is 1.68. The number of thiazole rings is 1. The van der Waals surface area contributed by atoms with Gasteiger partial charge in [0, 0.05) is 22.8 Å². The highest BCUT2D eigenvalue weighted by molar-refractivity contribution is 7.11. The normalized spacial score (nSPS) is 11.0. The summed E-state index contributed by atoms with van der Waals surface area (Å²) in [5.41, 5.74) is 5.59. The Morgan fingerprint density at radius 1 is 0.933 bits per heavy atom. The molecule has 1 N–H and O–H groups in total. The van der Waals surface area contributed by atoms with E-state index in [2.05, 4.69) is 52.8 Å². The van der Waals surface area contributed by atoms with Gasteiger partial charge in [-0.2, -0.15) is 5.26 Å². The molecule has 0 saturated carbocycles. The summed E-state index contributed by atoms with van der Waals surface area (Å²) in [4.78, 5) is 4.66. The second-order valence-electron chi connectivity index (χ2n) is 6.52. The topological polar surface area (TPSA) is 57.9 Å². The van der Waals surface area contributed by atoms with Gasteiger partial charge in [-0.15, -0.1) is 11.3 Å². The first kappa shape index (κ1) is 19.4. The molecule has 0 fully saturated rings. The number of methoxy groups -OCH3 is 1. The number of nitrogens with one attached hydrogen (secondary N) is 1. The van der Waals surface area contributed by atoms with E-state index in [1.807, 2.05) is 47.8 Å². The molecule has 4 nitrogen and oxygen atoms in total. The largest absolute Gasteiger partial charge is 0.497 e. The van der Waals surface area contributed by atoms with Crippen LogP contribution < -0.4 is 10.1 Å². The minimum absolute atomic E-state index is 0.489. The third-order valence-electron chi connectivity index (χ3n) is 4.62. The van der Waals surface area contributed by atoms with Gasteiger partial charge in [0.25, 0.3) is 0 Å². The smallest absolute Gasteiger partial charge is 0.136 e. The van der Waals surface area contributed by atoms with Crippen molar-refractivity contribution in [1.29, 1.82) is 5.26 Å². The molecule has 0 aliphatic rings. The summed E-state index contributed by atoms with van der Waals surface area (Å²) in [6, 6.07) is 28.3. The minimum atomic E-state index is 0.489. The number of aromatic nitrogens is 1. The lowest BCUT2D eigenvalue weighted by molar-refractivity contribution is 0.415. The number of benzene rings is 3. The lowest BCUT2D eigenvalue weighted by atomic mass is 10.0. The summed E-state index contributed by atoms with van der Waals surface area (Å²) in [7, 11) is 1.63. The molecule has 0 unspecified atom stereocenters. The van der Waals surface area contributed by atoms with Gasteiger partial charge in [-0.3, -0.25) is 0 Å². The van der Waals surface area contributed by atoms with Crippen molar-refractivity contribution in [2.24, 2.45) is 0 Å². The standard InChI is InChI=1S/C25H19N3OS/c1-29-23-13-11-22(12-14-23)27-16-21(15-26)25-28-24(17-30-25)20-9-7-19(8-10-20)18-5-3-2-4-6-18/h2-14,16-17,27H,1H3/b21-16+. The van der Waals surface area contributed by atoms with Crippen molar-refractivity contribution >= 4 is 22.6 Å². The molecule has 4 rings (SSSR count). The van der Waals surface area contributed by atoms with E-state index in [9.17, 15) is 5.26 Å². The lowest BCUT2D eigenvalue weighted by Gasteiger charge is -2.03. The highest BCUT2D eigenvalue weighted by Gasteiger charge is 2.09. The fourth-order valence-electron chi connectivity index (χ4n) is 2.98. The molecule has 1 aromatic heterocycles. The van der Waals surface area contributed by atoms with Gasteiger partial charge in [0.05, 0.1) is 12.8 Å². The van der Waals surface area contributed by atoms with Crippen LogP contribution in [0.3, 0.4) is 0 Å². The molecule has 0 aliphatic carbocycles. The van der Waals surface area contributed by atoms with Crippen LogP contribution in [0.4, 0.5) is 5.69 Å². The SMILES string of the molecule is COc1ccc(N/C=C(\C#N)c2nc(-c3ccc(-c4ccccc4)cc3)cs2)cc1. The van der Waals surface area contributed by atoms with Gasteiger partial charge >= 0.3 is 0 Å². The molecule has 0 saturated heterocycles. The summed E-state index contributed by atoms with van der Waals surface area (Å²) < 4.78 is 5.16. The molecule has 0 amide bonds. The first-order chi connectivity index (χ1) is 14.8. The zero-order chi connectivity index (χ0) is 20.8. The van der Waals surface area contributed by atoms with E-state index in [0.29, 0.717) is 10.6 Å². The van der Waals surface area contributed by atoms with Crippen LogP contribution >= 0.6 is 11.3 Å². The molecule has 0 atom stereocenters. The van der Waals surface area contributed by atoms with Crippen LogP contribution in [0, 0.1) is 11.3 Å². The molecule has 3 aromatic carbocycles. The number of nitriles is 1. The fourth-order valence-corrected chi connectivity index (χ4v) is 3.77. The van der Waals surface area contributed by atoms with Gasteiger partial charge in [-0.05, 0) is 35.4 Å². The van der Waals surface area contributed by atoms with Gasteiger partial charge in [0.2, 0.25) is 0 Å². The van der Waals surface area contributed by atoms with Crippen LogP contribution in [0.1, 0.15) is 5.01 Å². The summed E-state index contributed by atoms with van der Waals surface area (Å²) in [6.45, 7) is 0. The van der Waals surface area contributed by atoms with Crippen molar-refractivity contribution in [3.63, 3.8) is 0 Å². The molecule has 0 radical (unpaired) electrons.